The average Bonchev–Trinajstić information content (AvgIpc) is 2.59. The van der Waals surface area contributed by atoms with Crippen molar-refractivity contribution in [1.29, 1.82) is 0 Å². The van der Waals surface area contributed by atoms with Gasteiger partial charge in [-0.2, -0.15) is 0 Å². The van der Waals surface area contributed by atoms with Crippen molar-refractivity contribution in [3.63, 3.8) is 0 Å². The van der Waals surface area contributed by atoms with E-state index in [1.54, 1.807) is 0 Å². The Labute approximate surface area is 98.2 Å². The van der Waals surface area contributed by atoms with Gasteiger partial charge in [0.2, 0.25) is 11.8 Å². The molecule has 1 fully saturated rings. The Hall–Kier alpha value is -0.860. The number of carbonyl (C=O) groups is 2. The standard InChI is InChI=1S/C13H23NO2/c1-2-3-4-5-6-7-8-11-14-12(15)9-10-13(14)16/h2-11H2,1H3. The van der Waals surface area contributed by atoms with Crippen LogP contribution in [0.4, 0.5) is 0 Å². The molecule has 92 valence electrons. The topological polar surface area (TPSA) is 37.4 Å². The van der Waals surface area contributed by atoms with Crippen LogP contribution >= 0.6 is 0 Å². The maximum Gasteiger partial charge on any atom is 0.229 e. The van der Waals surface area contributed by atoms with Gasteiger partial charge in [-0.1, -0.05) is 45.4 Å². The molecule has 1 heterocycles. The van der Waals surface area contributed by atoms with Gasteiger partial charge in [0.15, 0.2) is 0 Å². The molecule has 3 heteroatoms. The van der Waals surface area contributed by atoms with E-state index in [1.807, 2.05) is 0 Å². The fourth-order valence-corrected chi connectivity index (χ4v) is 2.10. The molecule has 0 aromatic rings. The second-order valence-electron chi connectivity index (χ2n) is 4.56. The Bertz CT molecular complexity index is 222. The highest BCUT2D eigenvalue weighted by atomic mass is 16.2. The average molecular weight is 225 g/mol. The number of carbonyl (C=O) groups excluding carboxylic acids is 2. The zero-order chi connectivity index (χ0) is 11.8. The van der Waals surface area contributed by atoms with E-state index in [4.69, 9.17) is 0 Å². The number of likely N-dealkylation sites (tertiary alicyclic amines) is 1. The summed E-state index contributed by atoms with van der Waals surface area (Å²) in [4.78, 5) is 24.0. The van der Waals surface area contributed by atoms with E-state index < -0.39 is 0 Å². The van der Waals surface area contributed by atoms with Gasteiger partial charge in [-0.15, -0.1) is 0 Å². The van der Waals surface area contributed by atoms with Crippen LogP contribution < -0.4 is 0 Å². The molecule has 0 saturated carbocycles. The number of hydrogen-bond donors (Lipinski definition) is 0. The van der Waals surface area contributed by atoms with Crippen molar-refractivity contribution < 1.29 is 9.59 Å². The Kier molecular flexibility index (Phi) is 6.12. The fraction of sp³-hybridized carbons (Fsp3) is 0.846. The number of rotatable bonds is 8. The largest absolute Gasteiger partial charge is 0.283 e. The molecule has 16 heavy (non-hydrogen) atoms. The van der Waals surface area contributed by atoms with Gasteiger partial charge in [0.25, 0.3) is 0 Å². The molecule has 1 aliphatic rings. The summed E-state index contributed by atoms with van der Waals surface area (Å²) in [6.07, 6.45) is 9.40. The molecule has 0 N–H and O–H groups in total. The first kappa shape index (κ1) is 13.2. The lowest BCUT2D eigenvalue weighted by atomic mass is 10.1. The molecular formula is C13H23NO2. The normalized spacial score (nSPS) is 16.2. The summed E-state index contributed by atoms with van der Waals surface area (Å²) in [5.41, 5.74) is 0. The molecule has 0 unspecified atom stereocenters. The number of nitrogens with zero attached hydrogens (tertiary/aromatic N) is 1. The predicted octanol–water partition coefficient (Wildman–Crippen LogP) is 2.89. The van der Waals surface area contributed by atoms with Gasteiger partial charge in [0.05, 0.1) is 0 Å². The third-order valence-electron chi connectivity index (χ3n) is 3.14. The van der Waals surface area contributed by atoms with E-state index in [9.17, 15) is 9.59 Å². The lowest BCUT2D eigenvalue weighted by Gasteiger charge is -2.12. The molecule has 1 saturated heterocycles. The van der Waals surface area contributed by atoms with E-state index >= 15 is 0 Å². The summed E-state index contributed by atoms with van der Waals surface area (Å²) in [7, 11) is 0. The van der Waals surface area contributed by atoms with E-state index in [2.05, 4.69) is 6.92 Å². The first-order valence-electron chi connectivity index (χ1n) is 6.59. The van der Waals surface area contributed by atoms with Crippen LogP contribution in [0.3, 0.4) is 0 Å². The Morgan fingerprint density at radius 2 is 1.38 bits per heavy atom. The van der Waals surface area contributed by atoms with Crippen LogP contribution in [0.25, 0.3) is 0 Å². The van der Waals surface area contributed by atoms with Crippen molar-refractivity contribution in [3.05, 3.63) is 0 Å². The summed E-state index contributed by atoms with van der Waals surface area (Å²) in [6, 6.07) is 0. The molecule has 2 amide bonds. The number of hydrogen-bond acceptors (Lipinski definition) is 2. The van der Waals surface area contributed by atoms with Crippen LogP contribution in [0.15, 0.2) is 0 Å². The quantitative estimate of drug-likeness (QED) is 0.470. The van der Waals surface area contributed by atoms with Gasteiger partial charge in [0, 0.05) is 19.4 Å². The maximum absolute atomic E-state index is 11.3. The SMILES string of the molecule is CCCCCCCCCN1C(=O)CCC1=O. The molecule has 0 atom stereocenters. The number of imide groups is 1. The van der Waals surface area contributed by atoms with E-state index in [-0.39, 0.29) is 11.8 Å². The van der Waals surface area contributed by atoms with Crippen LogP contribution in [0.1, 0.15) is 64.7 Å². The highest BCUT2D eigenvalue weighted by Crippen LogP contribution is 2.13. The van der Waals surface area contributed by atoms with Crippen molar-refractivity contribution in [2.24, 2.45) is 0 Å². The van der Waals surface area contributed by atoms with Gasteiger partial charge in [-0.25, -0.2) is 0 Å². The molecule has 0 aromatic heterocycles. The minimum absolute atomic E-state index is 0.0241. The number of amides is 2. The van der Waals surface area contributed by atoms with Gasteiger partial charge >= 0.3 is 0 Å². The third-order valence-corrected chi connectivity index (χ3v) is 3.14. The second kappa shape index (κ2) is 7.42. The van der Waals surface area contributed by atoms with Crippen molar-refractivity contribution in [2.75, 3.05) is 6.54 Å². The maximum atomic E-state index is 11.3. The van der Waals surface area contributed by atoms with Crippen LogP contribution in [-0.4, -0.2) is 23.3 Å². The van der Waals surface area contributed by atoms with E-state index in [1.165, 1.54) is 37.0 Å². The minimum atomic E-state index is 0.0241. The second-order valence-corrected chi connectivity index (χ2v) is 4.56. The molecular weight excluding hydrogens is 202 g/mol. The first-order chi connectivity index (χ1) is 7.75. The molecule has 0 bridgehead atoms. The molecule has 3 nitrogen and oxygen atoms in total. The van der Waals surface area contributed by atoms with Crippen LogP contribution in [0, 0.1) is 0 Å². The molecule has 1 rings (SSSR count). The summed E-state index contributed by atoms with van der Waals surface area (Å²) in [5, 5.41) is 0. The smallest absolute Gasteiger partial charge is 0.229 e. The molecule has 0 aromatic carbocycles. The molecule has 1 aliphatic heterocycles. The van der Waals surface area contributed by atoms with Crippen LogP contribution in [0.5, 0.6) is 0 Å². The highest BCUT2D eigenvalue weighted by Gasteiger charge is 2.27. The van der Waals surface area contributed by atoms with Crippen molar-refractivity contribution in [2.45, 2.75) is 64.7 Å². The monoisotopic (exact) mass is 225 g/mol. The highest BCUT2D eigenvalue weighted by molar-refractivity contribution is 6.01. The van der Waals surface area contributed by atoms with Gasteiger partial charge in [-0.3, -0.25) is 14.5 Å². The van der Waals surface area contributed by atoms with Gasteiger partial charge < -0.3 is 0 Å². The molecule has 0 radical (unpaired) electrons. The van der Waals surface area contributed by atoms with Crippen molar-refractivity contribution >= 4 is 11.8 Å². The Balaban J connectivity index is 1.98. The summed E-state index contributed by atoms with van der Waals surface area (Å²) in [6.45, 7) is 2.86. The third kappa shape index (κ3) is 4.33. The summed E-state index contributed by atoms with van der Waals surface area (Å²) >= 11 is 0. The predicted molar refractivity (Wildman–Crippen MR) is 63.9 cm³/mol. The molecule has 0 spiro atoms. The van der Waals surface area contributed by atoms with Crippen LogP contribution in [-0.2, 0) is 9.59 Å². The lowest BCUT2D eigenvalue weighted by Crippen LogP contribution is -2.29. The lowest BCUT2D eigenvalue weighted by molar-refractivity contribution is -0.138. The summed E-state index contributed by atoms with van der Waals surface area (Å²) < 4.78 is 0. The van der Waals surface area contributed by atoms with Gasteiger partial charge in [-0.05, 0) is 6.42 Å². The zero-order valence-corrected chi connectivity index (χ0v) is 10.3. The Morgan fingerprint density at radius 1 is 0.875 bits per heavy atom. The summed E-state index contributed by atoms with van der Waals surface area (Å²) in [5.74, 6) is 0.0481. The van der Waals surface area contributed by atoms with Gasteiger partial charge in [0.1, 0.15) is 0 Å². The number of unbranched alkanes of at least 4 members (excludes halogenated alkanes) is 6. The fourth-order valence-electron chi connectivity index (χ4n) is 2.10. The minimum Gasteiger partial charge on any atom is -0.283 e. The first-order valence-corrected chi connectivity index (χ1v) is 6.59. The Morgan fingerprint density at radius 3 is 1.94 bits per heavy atom. The molecule has 0 aliphatic carbocycles. The van der Waals surface area contributed by atoms with Crippen molar-refractivity contribution in [3.8, 4) is 0 Å². The van der Waals surface area contributed by atoms with E-state index in [0.717, 1.165) is 12.8 Å². The van der Waals surface area contributed by atoms with E-state index in [0.29, 0.717) is 19.4 Å². The van der Waals surface area contributed by atoms with Crippen LogP contribution in [0.2, 0.25) is 0 Å². The van der Waals surface area contributed by atoms with Crippen molar-refractivity contribution in [1.82, 2.24) is 4.90 Å². The zero-order valence-electron chi connectivity index (χ0n) is 10.3.